The van der Waals surface area contributed by atoms with E-state index >= 15 is 0 Å². The number of phenolic OH excluding ortho intramolecular Hbond substituents is 1. The van der Waals surface area contributed by atoms with Gasteiger partial charge in [-0.15, -0.1) is 0 Å². The lowest BCUT2D eigenvalue weighted by Gasteiger charge is -2.28. The van der Waals surface area contributed by atoms with E-state index in [1.54, 1.807) is 11.0 Å². The lowest BCUT2D eigenvalue weighted by atomic mass is 9.78. The predicted molar refractivity (Wildman–Crippen MR) is 129 cm³/mol. The molecule has 0 aliphatic carbocycles. The molecule has 6 heteroatoms. The highest BCUT2D eigenvalue weighted by Crippen LogP contribution is 2.40. The van der Waals surface area contributed by atoms with Crippen molar-refractivity contribution >= 4 is 18.0 Å². The lowest BCUT2D eigenvalue weighted by molar-refractivity contribution is -0.148. The molecule has 180 valence electrons. The summed E-state index contributed by atoms with van der Waals surface area (Å²) in [6.45, 7) is 14.5. The van der Waals surface area contributed by atoms with Crippen molar-refractivity contribution in [1.29, 1.82) is 0 Å². The summed E-state index contributed by atoms with van der Waals surface area (Å²) in [5.74, 6) is -1.25. The minimum Gasteiger partial charge on any atom is -0.507 e. The van der Waals surface area contributed by atoms with Crippen molar-refractivity contribution in [2.75, 3.05) is 26.8 Å². The molecule has 0 radical (unpaired) electrons. The molecular formula is C26H41NO5. The zero-order chi connectivity index (χ0) is 24.7. The first-order chi connectivity index (χ1) is 14.8. The highest BCUT2D eigenvalue weighted by Gasteiger charge is 2.27. The fourth-order valence-corrected chi connectivity index (χ4v) is 3.45. The van der Waals surface area contributed by atoms with E-state index in [1.807, 2.05) is 60.6 Å². The summed E-state index contributed by atoms with van der Waals surface area (Å²) in [5, 5.41) is 20.4. The number of amides is 1. The van der Waals surface area contributed by atoms with Crippen molar-refractivity contribution in [1.82, 2.24) is 4.90 Å². The first kappa shape index (κ1) is 27.7. The molecule has 6 nitrogen and oxygen atoms in total. The van der Waals surface area contributed by atoms with Gasteiger partial charge in [0.2, 0.25) is 5.91 Å². The van der Waals surface area contributed by atoms with Crippen molar-refractivity contribution in [3.8, 4) is 5.75 Å². The fourth-order valence-electron chi connectivity index (χ4n) is 3.45. The molecule has 0 saturated carbocycles. The molecule has 1 aromatic rings. The quantitative estimate of drug-likeness (QED) is 0.432. The van der Waals surface area contributed by atoms with Crippen LogP contribution in [0.1, 0.15) is 78.0 Å². The third-order valence-corrected chi connectivity index (χ3v) is 5.46. The molecule has 1 amide bonds. The molecule has 0 fully saturated rings. The Labute approximate surface area is 193 Å². The number of methoxy groups -OCH3 is 1. The summed E-state index contributed by atoms with van der Waals surface area (Å²) in [4.78, 5) is 26.4. The Bertz CT molecular complexity index is 779. The van der Waals surface area contributed by atoms with Gasteiger partial charge in [-0.2, -0.15) is 0 Å². The van der Waals surface area contributed by atoms with E-state index in [0.717, 1.165) is 29.5 Å². The second-order valence-corrected chi connectivity index (χ2v) is 10.3. The Morgan fingerprint density at radius 2 is 1.62 bits per heavy atom. The van der Waals surface area contributed by atoms with Crippen LogP contribution in [0.4, 0.5) is 0 Å². The van der Waals surface area contributed by atoms with E-state index in [-0.39, 0.29) is 29.9 Å². The zero-order valence-electron chi connectivity index (χ0n) is 21.0. The van der Waals surface area contributed by atoms with Crippen LogP contribution < -0.4 is 0 Å². The first-order valence-electron chi connectivity index (χ1n) is 11.3. The normalized spacial score (nSPS) is 13.3. The van der Waals surface area contributed by atoms with Crippen molar-refractivity contribution in [3.05, 3.63) is 34.9 Å². The van der Waals surface area contributed by atoms with Gasteiger partial charge in [0.25, 0.3) is 0 Å². The van der Waals surface area contributed by atoms with E-state index in [2.05, 4.69) is 0 Å². The zero-order valence-corrected chi connectivity index (χ0v) is 21.0. The van der Waals surface area contributed by atoms with Crippen LogP contribution in [0.15, 0.2) is 18.2 Å². The maximum Gasteiger partial charge on any atom is 0.312 e. The average Bonchev–Trinajstić information content (AvgIpc) is 2.70. The maximum absolute atomic E-state index is 13.0. The molecule has 1 atom stereocenters. The molecule has 0 heterocycles. The molecule has 1 rings (SSSR count). The SMILES string of the molecule is CCCCN(CC(CO)C(=O)OC)C(=O)/C=C/c1cc(C(C)(C)C)c(O)c(C(C)(C)C)c1. The van der Waals surface area contributed by atoms with E-state index in [0.29, 0.717) is 12.3 Å². The molecule has 0 saturated heterocycles. The van der Waals surface area contributed by atoms with Gasteiger partial charge >= 0.3 is 5.97 Å². The molecule has 32 heavy (non-hydrogen) atoms. The Morgan fingerprint density at radius 3 is 2.03 bits per heavy atom. The number of hydrogen-bond acceptors (Lipinski definition) is 5. The minimum atomic E-state index is -0.775. The summed E-state index contributed by atoms with van der Waals surface area (Å²) in [5.41, 5.74) is 1.95. The molecule has 0 spiro atoms. The molecule has 1 unspecified atom stereocenters. The molecule has 1 aromatic carbocycles. The monoisotopic (exact) mass is 447 g/mol. The summed E-state index contributed by atoms with van der Waals surface area (Å²) < 4.78 is 4.74. The molecule has 2 N–H and O–H groups in total. The van der Waals surface area contributed by atoms with E-state index in [1.165, 1.54) is 13.2 Å². The first-order valence-corrected chi connectivity index (χ1v) is 11.3. The van der Waals surface area contributed by atoms with Crippen LogP contribution in [0.5, 0.6) is 5.75 Å². The number of carbonyl (C=O) groups excluding carboxylic acids is 2. The van der Waals surface area contributed by atoms with Gasteiger partial charge in [0.05, 0.1) is 19.6 Å². The molecule has 0 aromatic heterocycles. The van der Waals surface area contributed by atoms with Gasteiger partial charge in [0.15, 0.2) is 0 Å². The number of ether oxygens (including phenoxy) is 1. The van der Waals surface area contributed by atoms with Crippen LogP contribution >= 0.6 is 0 Å². The van der Waals surface area contributed by atoms with Crippen molar-refractivity contribution in [2.24, 2.45) is 5.92 Å². The minimum absolute atomic E-state index is 0.0996. The second kappa shape index (κ2) is 11.5. The smallest absolute Gasteiger partial charge is 0.312 e. The summed E-state index contributed by atoms with van der Waals surface area (Å²) in [6, 6.07) is 3.82. The number of rotatable bonds is 9. The van der Waals surface area contributed by atoms with E-state index in [9.17, 15) is 19.8 Å². The van der Waals surface area contributed by atoms with Gasteiger partial charge in [-0.05, 0) is 41.0 Å². The van der Waals surface area contributed by atoms with Gasteiger partial charge in [-0.3, -0.25) is 9.59 Å². The Balaban J connectivity index is 3.29. The number of aliphatic hydroxyl groups excluding tert-OH is 1. The maximum atomic E-state index is 13.0. The third-order valence-electron chi connectivity index (χ3n) is 5.46. The van der Waals surface area contributed by atoms with Gasteiger partial charge in [-0.25, -0.2) is 0 Å². The van der Waals surface area contributed by atoms with Crippen LogP contribution in [0.2, 0.25) is 0 Å². The number of aromatic hydroxyl groups is 1. The fraction of sp³-hybridized carbons (Fsp3) is 0.615. The number of nitrogens with zero attached hydrogens (tertiary/aromatic N) is 1. The van der Waals surface area contributed by atoms with E-state index < -0.39 is 11.9 Å². The number of carbonyl (C=O) groups is 2. The van der Waals surface area contributed by atoms with Gasteiger partial charge in [-0.1, -0.05) is 54.9 Å². The Morgan fingerprint density at radius 1 is 1.09 bits per heavy atom. The summed E-state index contributed by atoms with van der Waals surface area (Å²) >= 11 is 0. The summed E-state index contributed by atoms with van der Waals surface area (Å²) in [6.07, 6.45) is 4.93. The highest BCUT2D eigenvalue weighted by atomic mass is 16.5. The highest BCUT2D eigenvalue weighted by molar-refractivity contribution is 5.92. The third kappa shape index (κ3) is 7.66. The van der Waals surface area contributed by atoms with Gasteiger partial charge in [0.1, 0.15) is 5.75 Å². The van der Waals surface area contributed by atoms with Crippen LogP contribution in [0, 0.1) is 5.92 Å². The number of benzene rings is 1. The summed E-state index contributed by atoms with van der Waals surface area (Å²) in [7, 11) is 1.27. The molecule has 0 bridgehead atoms. The number of hydrogen-bond donors (Lipinski definition) is 2. The van der Waals surface area contributed by atoms with Gasteiger partial charge < -0.3 is 19.8 Å². The second-order valence-electron chi connectivity index (χ2n) is 10.3. The largest absolute Gasteiger partial charge is 0.507 e. The topological polar surface area (TPSA) is 87.1 Å². The molecule has 0 aliphatic heterocycles. The Kier molecular flexibility index (Phi) is 9.96. The Hall–Kier alpha value is -2.34. The van der Waals surface area contributed by atoms with Crippen molar-refractivity contribution < 1.29 is 24.5 Å². The number of phenols is 1. The average molecular weight is 448 g/mol. The van der Waals surface area contributed by atoms with Crippen molar-refractivity contribution in [2.45, 2.75) is 72.1 Å². The standard InChI is InChI=1S/C26H41NO5/c1-9-10-13-27(16-19(17-28)24(31)32-8)22(29)12-11-18-14-20(25(2,3)4)23(30)21(15-18)26(5,6)7/h11-12,14-15,19,28,30H,9-10,13,16-17H2,1-8H3/b12-11+. The van der Waals surface area contributed by atoms with Crippen LogP contribution in [0.3, 0.4) is 0 Å². The van der Waals surface area contributed by atoms with Crippen molar-refractivity contribution in [3.63, 3.8) is 0 Å². The number of aliphatic hydroxyl groups is 1. The molecule has 0 aliphatic rings. The van der Waals surface area contributed by atoms with Crippen LogP contribution in [-0.4, -0.2) is 53.8 Å². The lowest BCUT2D eigenvalue weighted by Crippen LogP contribution is -2.39. The predicted octanol–water partition coefficient (Wildman–Crippen LogP) is 4.41. The molecular weight excluding hydrogens is 406 g/mol. The van der Waals surface area contributed by atoms with Crippen LogP contribution in [0.25, 0.3) is 6.08 Å². The number of esters is 1. The van der Waals surface area contributed by atoms with E-state index in [4.69, 9.17) is 4.74 Å². The van der Waals surface area contributed by atoms with Crippen LogP contribution in [-0.2, 0) is 25.2 Å². The number of unbranched alkanes of at least 4 members (excludes halogenated alkanes) is 1. The van der Waals surface area contributed by atoms with Gasteiger partial charge in [0, 0.05) is 30.3 Å².